The smallest absolute Gasteiger partial charge is 0.221 e. The molecule has 4 heteroatoms. The summed E-state index contributed by atoms with van der Waals surface area (Å²) in [6.07, 6.45) is 1.33. The second-order valence-corrected chi connectivity index (χ2v) is 5.10. The zero-order valence-corrected chi connectivity index (χ0v) is 12.5. The fourth-order valence-corrected chi connectivity index (χ4v) is 2.13. The molecular formula is C18H21FN2O. The predicted molar refractivity (Wildman–Crippen MR) is 85.9 cm³/mol. The predicted octanol–water partition coefficient (Wildman–Crippen LogP) is 2.66. The van der Waals surface area contributed by atoms with Crippen LogP contribution in [0.4, 0.5) is 4.39 Å². The highest BCUT2D eigenvalue weighted by Gasteiger charge is 2.04. The molecule has 2 aromatic carbocycles. The van der Waals surface area contributed by atoms with E-state index >= 15 is 0 Å². The molecule has 0 aliphatic heterocycles. The summed E-state index contributed by atoms with van der Waals surface area (Å²) < 4.78 is 13.4. The Bertz CT molecular complexity index is 587. The van der Waals surface area contributed by atoms with Crippen molar-refractivity contribution in [1.29, 1.82) is 0 Å². The van der Waals surface area contributed by atoms with E-state index in [4.69, 9.17) is 0 Å². The lowest BCUT2D eigenvalue weighted by molar-refractivity contribution is -0.121. The van der Waals surface area contributed by atoms with Gasteiger partial charge in [-0.3, -0.25) is 4.79 Å². The van der Waals surface area contributed by atoms with E-state index in [1.165, 1.54) is 11.6 Å². The third-order valence-electron chi connectivity index (χ3n) is 3.40. The number of hydrogen-bond donors (Lipinski definition) is 2. The lowest BCUT2D eigenvalue weighted by atomic mass is 10.1. The Morgan fingerprint density at radius 1 is 0.955 bits per heavy atom. The fraction of sp³-hybridized carbons (Fsp3) is 0.278. The van der Waals surface area contributed by atoms with Gasteiger partial charge in [0.15, 0.2) is 0 Å². The van der Waals surface area contributed by atoms with Crippen LogP contribution in [0.2, 0.25) is 0 Å². The molecule has 0 bridgehead atoms. The maximum Gasteiger partial charge on any atom is 0.221 e. The summed E-state index contributed by atoms with van der Waals surface area (Å²) in [5.41, 5.74) is 1.78. The van der Waals surface area contributed by atoms with Crippen molar-refractivity contribution in [1.82, 2.24) is 10.6 Å². The zero-order chi connectivity index (χ0) is 15.6. The minimum atomic E-state index is -0.288. The van der Waals surface area contributed by atoms with Crippen LogP contribution in [0.3, 0.4) is 0 Å². The molecule has 0 aliphatic rings. The van der Waals surface area contributed by atoms with Crippen molar-refractivity contribution in [2.75, 3.05) is 13.1 Å². The Morgan fingerprint density at radius 2 is 1.68 bits per heavy atom. The third kappa shape index (κ3) is 5.66. The second kappa shape index (κ2) is 8.95. The Balaban J connectivity index is 1.57. The molecule has 116 valence electrons. The molecule has 0 saturated heterocycles. The first-order chi connectivity index (χ1) is 10.8. The minimum absolute atomic E-state index is 0.0736. The highest BCUT2D eigenvalue weighted by atomic mass is 19.1. The van der Waals surface area contributed by atoms with Gasteiger partial charge in [-0.05, 0) is 24.6 Å². The number of carbonyl (C=O) groups is 1. The van der Waals surface area contributed by atoms with Gasteiger partial charge in [0.25, 0.3) is 0 Å². The van der Waals surface area contributed by atoms with E-state index in [0.29, 0.717) is 18.5 Å². The van der Waals surface area contributed by atoms with Crippen molar-refractivity contribution in [3.05, 3.63) is 71.5 Å². The first kappa shape index (κ1) is 16.2. The van der Waals surface area contributed by atoms with Crippen LogP contribution in [0.25, 0.3) is 0 Å². The normalized spacial score (nSPS) is 10.4. The average Bonchev–Trinajstić information content (AvgIpc) is 2.55. The van der Waals surface area contributed by atoms with Gasteiger partial charge in [0, 0.05) is 25.1 Å². The average molecular weight is 300 g/mol. The highest BCUT2D eigenvalue weighted by molar-refractivity contribution is 5.76. The maximum atomic E-state index is 13.4. The lowest BCUT2D eigenvalue weighted by Crippen LogP contribution is -2.28. The molecule has 2 aromatic rings. The van der Waals surface area contributed by atoms with Crippen LogP contribution in [-0.2, 0) is 17.8 Å². The summed E-state index contributed by atoms with van der Waals surface area (Å²) in [6.45, 7) is 1.69. The molecule has 0 saturated carbocycles. The number of hydrogen-bond acceptors (Lipinski definition) is 2. The summed E-state index contributed by atoms with van der Waals surface area (Å²) in [6, 6.07) is 16.7. The van der Waals surface area contributed by atoms with E-state index < -0.39 is 0 Å². The Labute approximate surface area is 130 Å². The van der Waals surface area contributed by atoms with Gasteiger partial charge in [-0.15, -0.1) is 0 Å². The van der Waals surface area contributed by atoms with Crippen molar-refractivity contribution in [2.24, 2.45) is 0 Å². The summed E-state index contributed by atoms with van der Waals surface area (Å²) in [4.78, 5) is 11.7. The van der Waals surface area contributed by atoms with Gasteiger partial charge in [-0.2, -0.15) is 0 Å². The standard InChI is InChI=1S/C18H21FN2O/c19-17-9-5-4-8-16(17)14-21-18(22)11-13-20-12-10-15-6-2-1-3-7-15/h1-9,20H,10-14H2,(H,21,22). The largest absolute Gasteiger partial charge is 0.352 e. The zero-order valence-electron chi connectivity index (χ0n) is 12.5. The van der Waals surface area contributed by atoms with E-state index in [0.717, 1.165) is 13.0 Å². The number of benzene rings is 2. The van der Waals surface area contributed by atoms with E-state index in [9.17, 15) is 9.18 Å². The quantitative estimate of drug-likeness (QED) is 0.736. The van der Waals surface area contributed by atoms with E-state index in [-0.39, 0.29) is 18.3 Å². The maximum absolute atomic E-state index is 13.4. The number of rotatable bonds is 8. The fourth-order valence-electron chi connectivity index (χ4n) is 2.13. The van der Waals surface area contributed by atoms with Gasteiger partial charge in [0.2, 0.25) is 5.91 Å². The molecule has 0 fully saturated rings. The van der Waals surface area contributed by atoms with Crippen molar-refractivity contribution in [3.8, 4) is 0 Å². The Morgan fingerprint density at radius 3 is 2.45 bits per heavy atom. The second-order valence-electron chi connectivity index (χ2n) is 5.10. The first-order valence-electron chi connectivity index (χ1n) is 7.50. The molecular weight excluding hydrogens is 279 g/mol. The van der Waals surface area contributed by atoms with Crippen LogP contribution in [-0.4, -0.2) is 19.0 Å². The van der Waals surface area contributed by atoms with E-state index in [1.807, 2.05) is 18.2 Å². The molecule has 0 heterocycles. The highest BCUT2D eigenvalue weighted by Crippen LogP contribution is 2.05. The van der Waals surface area contributed by atoms with Crippen molar-refractivity contribution in [2.45, 2.75) is 19.4 Å². The van der Waals surface area contributed by atoms with Gasteiger partial charge in [0.1, 0.15) is 5.82 Å². The van der Waals surface area contributed by atoms with Crippen molar-refractivity contribution < 1.29 is 9.18 Å². The summed E-state index contributed by atoms with van der Waals surface area (Å²) in [7, 11) is 0. The number of nitrogens with one attached hydrogen (secondary N) is 2. The molecule has 1 amide bonds. The lowest BCUT2D eigenvalue weighted by Gasteiger charge is -2.07. The van der Waals surface area contributed by atoms with Crippen LogP contribution in [0.1, 0.15) is 17.5 Å². The molecule has 0 aliphatic carbocycles. The molecule has 0 atom stereocenters. The molecule has 0 unspecified atom stereocenters. The van der Waals surface area contributed by atoms with Gasteiger partial charge in [0.05, 0.1) is 0 Å². The van der Waals surface area contributed by atoms with Crippen LogP contribution in [0.5, 0.6) is 0 Å². The molecule has 2 rings (SSSR count). The topological polar surface area (TPSA) is 41.1 Å². The molecule has 22 heavy (non-hydrogen) atoms. The van der Waals surface area contributed by atoms with Crippen LogP contribution >= 0.6 is 0 Å². The summed E-state index contributed by atoms with van der Waals surface area (Å²) in [5, 5.41) is 5.97. The minimum Gasteiger partial charge on any atom is -0.352 e. The van der Waals surface area contributed by atoms with Crippen LogP contribution < -0.4 is 10.6 Å². The molecule has 0 radical (unpaired) electrons. The van der Waals surface area contributed by atoms with Gasteiger partial charge >= 0.3 is 0 Å². The monoisotopic (exact) mass is 300 g/mol. The van der Waals surface area contributed by atoms with Gasteiger partial charge in [-0.1, -0.05) is 48.5 Å². The Kier molecular flexibility index (Phi) is 6.58. The molecule has 0 aromatic heterocycles. The van der Waals surface area contributed by atoms with Crippen molar-refractivity contribution >= 4 is 5.91 Å². The first-order valence-corrected chi connectivity index (χ1v) is 7.50. The van der Waals surface area contributed by atoms with E-state index in [1.54, 1.807) is 18.2 Å². The van der Waals surface area contributed by atoms with Crippen LogP contribution in [0.15, 0.2) is 54.6 Å². The van der Waals surface area contributed by atoms with Gasteiger partial charge in [-0.25, -0.2) is 4.39 Å². The number of carbonyl (C=O) groups excluding carboxylic acids is 1. The molecule has 3 nitrogen and oxygen atoms in total. The van der Waals surface area contributed by atoms with Crippen LogP contribution in [0, 0.1) is 5.82 Å². The molecule has 0 spiro atoms. The van der Waals surface area contributed by atoms with Gasteiger partial charge < -0.3 is 10.6 Å². The number of halogens is 1. The third-order valence-corrected chi connectivity index (χ3v) is 3.40. The number of amides is 1. The summed E-state index contributed by atoms with van der Waals surface area (Å²) in [5.74, 6) is -0.362. The molecule has 2 N–H and O–H groups in total. The Hall–Kier alpha value is -2.20. The van der Waals surface area contributed by atoms with Crippen molar-refractivity contribution in [3.63, 3.8) is 0 Å². The summed E-state index contributed by atoms with van der Waals surface area (Å²) >= 11 is 0. The van der Waals surface area contributed by atoms with E-state index in [2.05, 4.69) is 22.8 Å². The SMILES string of the molecule is O=C(CCNCCc1ccccc1)NCc1ccccc1F.